The van der Waals surface area contributed by atoms with Crippen molar-refractivity contribution in [2.24, 2.45) is 0 Å². The molecule has 0 atom stereocenters. The SMILES string of the molecule is CNS(=O)(=O)c1ccc(OC)c(Nc2cc(Nc3cc(C)cc(Br)c3)ncn2)c1. The summed E-state index contributed by atoms with van der Waals surface area (Å²) in [5, 5.41) is 6.32. The fourth-order valence-corrected chi connectivity index (χ4v) is 4.02. The third kappa shape index (κ3) is 5.22. The van der Waals surface area contributed by atoms with E-state index in [1.807, 2.05) is 25.1 Å². The molecule has 0 aliphatic rings. The van der Waals surface area contributed by atoms with Gasteiger partial charge in [0.05, 0.1) is 17.7 Å². The topological polar surface area (TPSA) is 105 Å². The van der Waals surface area contributed by atoms with Crippen LogP contribution >= 0.6 is 15.9 Å². The van der Waals surface area contributed by atoms with Gasteiger partial charge in [-0.2, -0.15) is 0 Å². The van der Waals surface area contributed by atoms with Gasteiger partial charge >= 0.3 is 0 Å². The van der Waals surface area contributed by atoms with Crippen LogP contribution in [0.4, 0.5) is 23.0 Å². The molecule has 152 valence electrons. The molecule has 0 saturated heterocycles. The molecule has 0 aliphatic heterocycles. The molecule has 3 N–H and O–H groups in total. The van der Waals surface area contributed by atoms with Gasteiger partial charge in [0.1, 0.15) is 23.7 Å². The van der Waals surface area contributed by atoms with Gasteiger partial charge in [-0.1, -0.05) is 15.9 Å². The highest BCUT2D eigenvalue weighted by Crippen LogP contribution is 2.30. The number of aryl methyl sites for hydroxylation is 1. The van der Waals surface area contributed by atoms with Crippen molar-refractivity contribution in [1.29, 1.82) is 0 Å². The van der Waals surface area contributed by atoms with E-state index in [1.54, 1.807) is 12.1 Å². The Morgan fingerprint density at radius 2 is 1.72 bits per heavy atom. The summed E-state index contributed by atoms with van der Waals surface area (Å²) in [5.74, 6) is 1.54. The molecular formula is C19H20BrN5O3S. The van der Waals surface area contributed by atoms with E-state index in [1.165, 1.54) is 32.6 Å². The number of aromatic nitrogens is 2. The van der Waals surface area contributed by atoms with E-state index in [4.69, 9.17) is 4.74 Å². The number of hydrogen-bond acceptors (Lipinski definition) is 7. The highest BCUT2D eigenvalue weighted by atomic mass is 79.9. The quantitative estimate of drug-likeness (QED) is 0.472. The van der Waals surface area contributed by atoms with E-state index in [9.17, 15) is 8.42 Å². The van der Waals surface area contributed by atoms with E-state index in [0.717, 1.165) is 15.7 Å². The molecule has 8 nitrogen and oxygen atoms in total. The zero-order valence-electron chi connectivity index (χ0n) is 16.0. The summed E-state index contributed by atoms with van der Waals surface area (Å²) in [4.78, 5) is 8.55. The van der Waals surface area contributed by atoms with Crippen molar-refractivity contribution in [3.8, 4) is 5.75 Å². The molecule has 0 bridgehead atoms. The van der Waals surface area contributed by atoms with Gasteiger partial charge in [-0.05, 0) is 55.9 Å². The van der Waals surface area contributed by atoms with E-state index < -0.39 is 10.0 Å². The van der Waals surface area contributed by atoms with E-state index in [-0.39, 0.29) is 4.90 Å². The molecule has 0 spiro atoms. The summed E-state index contributed by atoms with van der Waals surface area (Å²) in [6.07, 6.45) is 1.41. The average molecular weight is 478 g/mol. The Hall–Kier alpha value is -2.69. The molecule has 0 unspecified atom stereocenters. The third-order valence-electron chi connectivity index (χ3n) is 3.99. The summed E-state index contributed by atoms with van der Waals surface area (Å²) in [6.45, 7) is 2.00. The molecule has 0 aliphatic carbocycles. The maximum absolute atomic E-state index is 12.1. The van der Waals surface area contributed by atoms with Crippen molar-refractivity contribution in [2.75, 3.05) is 24.8 Å². The number of sulfonamides is 1. The van der Waals surface area contributed by atoms with Crippen LogP contribution in [0.2, 0.25) is 0 Å². The minimum absolute atomic E-state index is 0.111. The monoisotopic (exact) mass is 477 g/mol. The first kappa shape index (κ1) is 21.0. The summed E-state index contributed by atoms with van der Waals surface area (Å²) in [7, 11) is -0.721. The number of halogens is 1. The van der Waals surface area contributed by atoms with Crippen LogP contribution in [0, 0.1) is 6.92 Å². The molecule has 10 heteroatoms. The van der Waals surface area contributed by atoms with E-state index >= 15 is 0 Å². The zero-order valence-corrected chi connectivity index (χ0v) is 18.4. The number of nitrogens with one attached hydrogen (secondary N) is 3. The number of rotatable bonds is 7. The number of benzene rings is 2. The highest BCUT2D eigenvalue weighted by Gasteiger charge is 2.15. The minimum atomic E-state index is -3.59. The molecule has 0 saturated carbocycles. The highest BCUT2D eigenvalue weighted by molar-refractivity contribution is 9.10. The number of nitrogens with zero attached hydrogens (tertiary/aromatic N) is 2. The maximum atomic E-state index is 12.1. The van der Waals surface area contributed by atoms with Gasteiger partial charge in [-0.25, -0.2) is 23.1 Å². The molecule has 0 fully saturated rings. The molecule has 1 heterocycles. The largest absolute Gasteiger partial charge is 0.495 e. The molecule has 1 aromatic heterocycles. The van der Waals surface area contributed by atoms with Gasteiger partial charge in [-0.15, -0.1) is 0 Å². The van der Waals surface area contributed by atoms with Crippen LogP contribution in [0.25, 0.3) is 0 Å². The second-order valence-corrected chi connectivity index (χ2v) is 8.93. The maximum Gasteiger partial charge on any atom is 0.240 e. The fourth-order valence-electron chi connectivity index (χ4n) is 2.66. The lowest BCUT2D eigenvalue weighted by Crippen LogP contribution is -2.18. The molecule has 2 aromatic carbocycles. The Balaban J connectivity index is 1.89. The van der Waals surface area contributed by atoms with Crippen molar-refractivity contribution in [3.05, 3.63) is 58.8 Å². The van der Waals surface area contributed by atoms with Crippen molar-refractivity contribution in [1.82, 2.24) is 14.7 Å². The van der Waals surface area contributed by atoms with E-state index in [0.29, 0.717) is 23.1 Å². The minimum Gasteiger partial charge on any atom is -0.495 e. The van der Waals surface area contributed by atoms with Gasteiger partial charge in [0.15, 0.2) is 0 Å². The lowest BCUT2D eigenvalue weighted by Gasteiger charge is -2.13. The van der Waals surface area contributed by atoms with Crippen molar-refractivity contribution < 1.29 is 13.2 Å². The standard InChI is InChI=1S/C19H20BrN5O3S/c1-12-6-13(20)8-14(7-12)24-18-10-19(23-11-22-18)25-16-9-15(29(26,27)21-2)4-5-17(16)28-3/h4-11,21H,1-3H3,(H2,22,23,24,25). The summed E-state index contributed by atoms with van der Waals surface area (Å²) in [6, 6.07) is 12.2. The predicted molar refractivity (Wildman–Crippen MR) is 117 cm³/mol. The summed E-state index contributed by atoms with van der Waals surface area (Å²) in [5.41, 5.74) is 2.44. The average Bonchev–Trinajstić information content (AvgIpc) is 2.67. The third-order valence-corrected chi connectivity index (χ3v) is 5.86. The van der Waals surface area contributed by atoms with Crippen molar-refractivity contribution in [3.63, 3.8) is 0 Å². The molecule has 29 heavy (non-hydrogen) atoms. The lowest BCUT2D eigenvalue weighted by atomic mass is 10.2. The first-order valence-corrected chi connectivity index (χ1v) is 10.8. The van der Waals surface area contributed by atoms with Gasteiger partial charge in [0, 0.05) is 16.2 Å². The van der Waals surface area contributed by atoms with Crippen LogP contribution in [0.1, 0.15) is 5.56 Å². The summed E-state index contributed by atoms with van der Waals surface area (Å²) >= 11 is 3.48. The van der Waals surface area contributed by atoms with Crippen LogP contribution in [-0.4, -0.2) is 32.5 Å². The zero-order chi connectivity index (χ0) is 21.0. The Morgan fingerprint density at radius 3 is 2.38 bits per heavy atom. The first-order chi connectivity index (χ1) is 13.8. The lowest BCUT2D eigenvalue weighted by molar-refractivity contribution is 0.416. The number of hydrogen-bond donors (Lipinski definition) is 3. The van der Waals surface area contributed by atoms with Gasteiger partial charge in [-0.3, -0.25) is 0 Å². The second kappa shape index (κ2) is 8.76. The van der Waals surface area contributed by atoms with Crippen LogP contribution in [-0.2, 0) is 10.0 Å². The normalized spacial score (nSPS) is 11.2. The first-order valence-electron chi connectivity index (χ1n) is 8.55. The van der Waals surface area contributed by atoms with Crippen LogP contribution in [0.3, 0.4) is 0 Å². The molecule has 0 radical (unpaired) electrons. The Labute approximate surface area is 177 Å². The molecular weight excluding hydrogens is 458 g/mol. The number of ether oxygens (including phenoxy) is 1. The molecule has 0 amide bonds. The second-order valence-electron chi connectivity index (χ2n) is 6.13. The fraction of sp³-hybridized carbons (Fsp3) is 0.158. The Bertz CT molecular complexity index is 1120. The van der Waals surface area contributed by atoms with Gasteiger partial charge < -0.3 is 15.4 Å². The number of anilines is 4. The van der Waals surface area contributed by atoms with Gasteiger partial charge in [0.25, 0.3) is 0 Å². The van der Waals surface area contributed by atoms with Crippen molar-refractivity contribution >= 4 is 49.0 Å². The molecule has 3 rings (SSSR count). The Morgan fingerprint density at radius 1 is 1.00 bits per heavy atom. The van der Waals surface area contributed by atoms with Crippen LogP contribution < -0.4 is 20.1 Å². The van der Waals surface area contributed by atoms with Crippen LogP contribution in [0.15, 0.2) is 58.2 Å². The predicted octanol–water partition coefficient (Wildman–Crippen LogP) is 3.95. The Kier molecular flexibility index (Phi) is 6.36. The summed E-state index contributed by atoms with van der Waals surface area (Å²) < 4.78 is 32.8. The number of methoxy groups -OCH3 is 1. The van der Waals surface area contributed by atoms with Gasteiger partial charge in [0.2, 0.25) is 10.0 Å². The van der Waals surface area contributed by atoms with Crippen LogP contribution in [0.5, 0.6) is 5.75 Å². The smallest absolute Gasteiger partial charge is 0.240 e. The van der Waals surface area contributed by atoms with Crippen molar-refractivity contribution in [2.45, 2.75) is 11.8 Å². The van der Waals surface area contributed by atoms with E-state index in [2.05, 4.69) is 41.3 Å². The molecule has 3 aromatic rings.